The Morgan fingerprint density at radius 2 is 2.41 bits per heavy atom. The molecular weight excluding hydrogens is 240 g/mol. The zero-order valence-corrected chi connectivity index (χ0v) is 11.0. The second kappa shape index (κ2) is 5.59. The van der Waals surface area contributed by atoms with Crippen LogP contribution in [0.1, 0.15) is 39.0 Å². The molecule has 98 valence electrons. The van der Waals surface area contributed by atoms with Crippen LogP contribution in [0.2, 0.25) is 0 Å². The third-order valence-electron chi connectivity index (χ3n) is 3.29. The summed E-state index contributed by atoms with van der Waals surface area (Å²) in [5, 5.41) is 9.27. The minimum Gasteiger partial charge on any atom is -0.481 e. The summed E-state index contributed by atoms with van der Waals surface area (Å²) in [5.74, 6) is -0.0254. The van der Waals surface area contributed by atoms with Gasteiger partial charge in [0, 0.05) is 18.1 Å². The first kappa shape index (κ1) is 13.2. The van der Waals surface area contributed by atoms with Gasteiger partial charge < -0.3 is 14.6 Å². The first-order chi connectivity index (χ1) is 8.07. The van der Waals surface area contributed by atoms with Crippen LogP contribution in [0.25, 0.3) is 0 Å². The molecule has 3 atom stereocenters. The van der Waals surface area contributed by atoms with Crippen LogP contribution >= 0.6 is 11.8 Å². The van der Waals surface area contributed by atoms with Crippen LogP contribution in [0.4, 0.5) is 0 Å². The molecule has 0 radical (unpaired) electrons. The molecule has 2 fully saturated rings. The fourth-order valence-corrected chi connectivity index (χ4v) is 3.86. The molecule has 0 saturated carbocycles. The zero-order chi connectivity index (χ0) is 12.3. The predicted octanol–water partition coefficient (Wildman–Crippen LogP) is 2.27. The zero-order valence-electron chi connectivity index (χ0n) is 10.2. The lowest BCUT2D eigenvalue weighted by atomic mass is 10.1. The Hall–Kier alpha value is -0.260. The number of carboxylic acid groups (broad SMARTS) is 1. The molecule has 2 heterocycles. The molecule has 17 heavy (non-hydrogen) atoms. The monoisotopic (exact) mass is 260 g/mol. The Bertz CT molecular complexity index is 278. The summed E-state index contributed by atoms with van der Waals surface area (Å²) in [4.78, 5) is 10.5. The highest BCUT2D eigenvalue weighted by Crippen LogP contribution is 2.37. The third-order valence-corrected chi connectivity index (χ3v) is 4.69. The number of aliphatic carboxylic acids is 1. The average molecular weight is 260 g/mol. The van der Waals surface area contributed by atoms with Gasteiger partial charge in [-0.1, -0.05) is 0 Å². The Morgan fingerprint density at radius 1 is 1.59 bits per heavy atom. The van der Waals surface area contributed by atoms with Gasteiger partial charge in [-0.2, -0.15) is 11.8 Å². The van der Waals surface area contributed by atoms with Gasteiger partial charge in [0.1, 0.15) is 0 Å². The smallest absolute Gasteiger partial charge is 0.303 e. The average Bonchev–Trinajstić information content (AvgIpc) is 2.86. The van der Waals surface area contributed by atoms with E-state index in [1.165, 1.54) is 18.6 Å². The van der Waals surface area contributed by atoms with Crippen LogP contribution in [-0.4, -0.2) is 40.6 Å². The highest BCUT2D eigenvalue weighted by molar-refractivity contribution is 8.00. The Labute approximate surface area is 106 Å². The predicted molar refractivity (Wildman–Crippen MR) is 66.2 cm³/mol. The molecular formula is C12H20O4S. The van der Waals surface area contributed by atoms with Crippen LogP contribution in [0.15, 0.2) is 0 Å². The van der Waals surface area contributed by atoms with Gasteiger partial charge in [0.15, 0.2) is 5.79 Å². The van der Waals surface area contributed by atoms with Crippen molar-refractivity contribution in [3.63, 3.8) is 0 Å². The van der Waals surface area contributed by atoms with Crippen LogP contribution in [0.3, 0.4) is 0 Å². The molecule has 5 heteroatoms. The lowest BCUT2D eigenvalue weighted by Crippen LogP contribution is -2.30. The summed E-state index contributed by atoms with van der Waals surface area (Å²) in [6, 6.07) is 0. The standard InChI is InChI=1S/C12H20O4S/c1-12(7-10-3-2-6-17-10)15-8-9(16-12)4-5-11(13)14/h9-10H,2-8H2,1H3,(H,13,14). The topological polar surface area (TPSA) is 55.8 Å². The molecule has 0 aromatic rings. The summed E-state index contributed by atoms with van der Waals surface area (Å²) in [6.07, 6.45) is 4.09. The van der Waals surface area contributed by atoms with E-state index in [2.05, 4.69) is 0 Å². The summed E-state index contributed by atoms with van der Waals surface area (Å²) >= 11 is 1.99. The van der Waals surface area contributed by atoms with E-state index in [-0.39, 0.29) is 12.5 Å². The van der Waals surface area contributed by atoms with Gasteiger partial charge in [-0.05, 0) is 31.9 Å². The van der Waals surface area contributed by atoms with Crippen molar-refractivity contribution in [2.24, 2.45) is 0 Å². The normalized spacial score (nSPS) is 37.5. The van der Waals surface area contributed by atoms with Crippen molar-refractivity contribution in [1.82, 2.24) is 0 Å². The van der Waals surface area contributed by atoms with Crippen LogP contribution in [0.5, 0.6) is 0 Å². The second-order valence-corrected chi connectivity index (χ2v) is 6.36. The van der Waals surface area contributed by atoms with E-state index in [1.54, 1.807) is 0 Å². The number of hydrogen-bond donors (Lipinski definition) is 1. The molecule has 2 saturated heterocycles. The van der Waals surface area contributed by atoms with Crippen LogP contribution < -0.4 is 0 Å². The molecule has 2 aliphatic rings. The van der Waals surface area contributed by atoms with Gasteiger partial charge in [-0.15, -0.1) is 0 Å². The van der Waals surface area contributed by atoms with Crippen LogP contribution in [0, 0.1) is 0 Å². The van der Waals surface area contributed by atoms with Crippen LogP contribution in [-0.2, 0) is 14.3 Å². The van der Waals surface area contributed by atoms with E-state index < -0.39 is 11.8 Å². The van der Waals surface area contributed by atoms with E-state index in [4.69, 9.17) is 14.6 Å². The second-order valence-electron chi connectivity index (χ2n) is 4.96. The highest BCUT2D eigenvalue weighted by atomic mass is 32.2. The number of rotatable bonds is 5. The molecule has 0 spiro atoms. The lowest BCUT2D eigenvalue weighted by Gasteiger charge is -2.26. The van der Waals surface area contributed by atoms with Crippen molar-refractivity contribution in [1.29, 1.82) is 0 Å². The molecule has 0 bridgehead atoms. The van der Waals surface area contributed by atoms with Crippen molar-refractivity contribution in [2.45, 2.75) is 56.2 Å². The Kier molecular flexibility index (Phi) is 4.33. The first-order valence-corrected chi connectivity index (χ1v) is 7.27. The number of carboxylic acids is 1. The van der Waals surface area contributed by atoms with Crippen molar-refractivity contribution in [2.75, 3.05) is 12.4 Å². The van der Waals surface area contributed by atoms with Gasteiger partial charge in [0.05, 0.1) is 12.7 Å². The third kappa shape index (κ3) is 3.86. The lowest BCUT2D eigenvalue weighted by molar-refractivity contribution is -0.160. The van der Waals surface area contributed by atoms with Crippen molar-refractivity contribution in [3.8, 4) is 0 Å². The highest BCUT2D eigenvalue weighted by Gasteiger charge is 2.39. The van der Waals surface area contributed by atoms with Gasteiger partial charge in [0.2, 0.25) is 0 Å². The number of thioether (sulfide) groups is 1. The van der Waals surface area contributed by atoms with Crippen molar-refractivity contribution < 1.29 is 19.4 Å². The fraction of sp³-hybridized carbons (Fsp3) is 0.917. The number of ether oxygens (including phenoxy) is 2. The van der Waals surface area contributed by atoms with E-state index in [9.17, 15) is 4.79 Å². The molecule has 1 N–H and O–H groups in total. The fourth-order valence-electron chi connectivity index (χ4n) is 2.44. The van der Waals surface area contributed by atoms with E-state index >= 15 is 0 Å². The van der Waals surface area contributed by atoms with E-state index in [0.717, 1.165) is 6.42 Å². The molecule has 0 aromatic carbocycles. The van der Waals surface area contributed by atoms with E-state index in [0.29, 0.717) is 18.3 Å². The number of carbonyl (C=O) groups is 1. The number of hydrogen-bond acceptors (Lipinski definition) is 4. The molecule has 3 unspecified atom stereocenters. The summed E-state index contributed by atoms with van der Waals surface area (Å²) in [7, 11) is 0. The largest absolute Gasteiger partial charge is 0.481 e. The Balaban J connectivity index is 1.76. The summed E-state index contributed by atoms with van der Waals surface area (Å²) in [6.45, 7) is 2.51. The Morgan fingerprint density at radius 3 is 3.06 bits per heavy atom. The van der Waals surface area contributed by atoms with Gasteiger partial charge >= 0.3 is 5.97 Å². The van der Waals surface area contributed by atoms with Crippen molar-refractivity contribution >= 4 is 17.7 Å². The van der Waals surface area contributed by atoms with Gasteiger partial charge in [-0.3, -0.25) is 4.79 Å². The summed E-state index contributed by atoms with van der Waals surface area (Å²) < 4.78 is 11.6. The van der Waals surface area contributed by atoms with E-state index in [1.807, 2.05) is 18.7 Å². The molecule has 0 aliphatic carbocycles. The molecule has 2 aliphatic heterocycles. The molecule has 0 amide bonds. The molecule has 4 nitrogen and oxygen atoms in total. The molecule has 0 aromatic heterocycles. The maximum absolute atomic E-state index is 10.5. The van der Waals surface area contributed by atoms with Gasteiger partial charge in [-0.25, -0.2) is 0 Å². The summed E-state index contributed by atoms with van der Waals surface area (Å²) in [5.41, 5.74) is 0. The molecule has 2 rings (SSSR count). The van der Waals surface area contributed by atoms with Crippen molar-refractivity contribution in [3.05, 3.63) is 0 Å². The maximum Gasteiger partial charge on any atom is 0.303 e. The SMILES string of the molecule is CC1(CC2CCCS2)OCC(CCC(=O)O)O1. The maximum atomic E-state index is 10.5. The quantitative estimate of drug-likeness (QED) is 0.821. The minimum atomic E-state index is -0.770. The van der Waals surface area contributed by atoms with Gasteiger partial charge in [0.25, 0.3) is 0 Å². The minimum absolute atomic E-state index is 0.0532. The first-order valence-electron chi connectivity index (χ1n) is 6.22.